The second-order valence-corrected chi connectivity index (χ2v) is 13.2. The summed E-state index contributed by atoms with van der Waals surface area (Å²) in [6.45, 7) is -0.571. The van der Waals surface area contributed by atoms with E-state index in [1.165, 1.54) is 41.3 Å². The lowest BCUT2D eigenvalue weighted by Crippen LogP contribution is -2.54. The molecule has 10 nitrogen and oxygen atoms in total. The van der Waals surface area contributed by atoms with Gasteiger partial charge in [-0.2, -0.15) is 0 Å². The van der Waals surface area contributed by atoms with E-state index in [0.717, 1.165) is 41.1 Å². The Kier molecular flexibility index (Phi) is 10.4. The molecule has 238 valence electrons. The van der Waals surface area contributed by atoms with Crippen LogP contribution in [-0.2, 0) is 32.6 Å². The van der Waals surface area contributed by atoms with Crippen molar-refractivity contribution in [3.8, 4) is 0 Å². The number of hydrogen-bond donors (Lipinski definition) is 1. The van der Waals surface area contributed by atoms with Gasteiger partial charge in [0.1, 0.15) is 12.6 Å². The molecule has 0 radical (unpaired) electrons. The highest BCUT2D eigenvalue weighted by Crippen LogP contribution is 2.27. The minimum absolute atomic E-state index is 0.00881. The van der Waals surface area contributed by atoms with Crippen LogP contribution in [0.3, 0.4) is 0 Å². The van der Waals surface area contributed by atoms with Crippen LogP contribution in [0.25, 0.3) is 0 Å². The number of anilines is 1. The third kappa shape index (κ3) is 7.97. The van der Waals surface area contributed by atoms with Gasteiger partial charge >= 0.3 is 0 Å². The number of sulfonamides is 1. The smallest absolute Gasteiger partial charge is 0.269 e. The monoisotopic (exact) mass is 640 g/mol. The van der Waals surface area contributed by atoms with Crippen molar-refractivity contribution in [2.75, 3.05) is 10.8 Å². The maximum Gasteiger partial charge on any atom is 0.269 e. The van der Waals surface area contributed by atoms with Crippen LogP contribution in [0.2, 0.25) is 0 Å². The van der Waals surface area contributed by atoms with Gasteiger partial charge in [-0.15, -0.1) is 0 Å². The highest BCUT2D eigenvalue weighted by Gasteiger charge is 2.35. The number of nitro benzene ring substituents is 1. The second-order valence-electron chi connectivity index (χ2n) is 11.3. The molecule has 0 heterocycles. The Hall–Kier alpha value is -5.03. The summed E-state index contributed by atoms with van der Waals surface area (Å²) in [5.41, 5.74) is 1.49. The number of hydrogen-bond acceptors (Lipinski definition) is 6. The Morgan fingerprint density at radius 2 is 1.35 bits per heavy atom. The van der Waals surface area contributed by atoms with Crippen LogP contribution >= 0.6 is 0 Å². The zero-order valence-electron chi connectivity index (χ0n) is 25.3. The van der Waals surface area contributed by atoms with Crippen molar-refractivity contribution in [2.45, 2.75) is 55.6 Å². The van der Waals surface area contributed by atoms with Crippen LogP contribution < -0.4 is 9.62 Å². The molecular formula is C35H36N4O6S. The summed E-state index contributed by atoms with van der Waals surface area (Å²) in [4.78, 5) is 40.7. The zero-order valence-corrected chi connectivity index (χ0v) is 26.1. The van der Waals surface area contributed by atoms with Crippen LogP contribution in [0.5, 0.6) is 0 Å². The predicted molar refractivity (Wildman–Crippen MR) is 175 cm³/mol. The molecule has 4 aromatic carbocycles. The van der Waals surface area contributed by atoms with Crippen LogP contribution in [-0.4, -0.2) is 48.7 Å². The molecule has 11 heteroatoms. The maximum atomic E-state index is 14.5. The summed E-state index contributed by atoms with van der Waals surface area (Å²) in [7, 11) is -4.30. The first kappa shape index (κ1) is 32.4. The van der Waals surface area contributed by atoms with Crippen LogP contribution in [0, 0.1) is 10.1 Å². The summed E-state index contributed by atoms with van der Waals surface area (Å²) < 4.78 is 29.0. The van der Waals surface area contributed by atoms with Crippen molar-refractivity contribution in [3.63, 3.8) is 0 Å². The zero-order chi connectivity index (χ0) is 32.5. The fourth-order valence-electron chi connectivity index (χ4n) is 5.69. The number of carbonyl (C=O) groups excluding carboxylic acids is 2. The minimum Gasteiger partial charge on any atom is -0.352 e. The second kappa shape index (κ2) is 14.8. The summed E-state index contributed by atoms with van der Waals surface area (Å²) >= 11 is 0. The Labute approximate surface area is 268 Å². The molecule has 1 aliphatic rings. The van der Waals surface area contributed by atoms with Gasteiger partial charge in [-0.3, -0.25) is 24.0 Å². The number of benzene rings is 4. The number of nitrogens with zero attached hydrogens (tertiary/aromatic N) is 3. The highest BCUT2D eigenvalue weighted by atomic mass is 32.2. The van der Waals surface area contributed by atoms with E-state index in [1.807, 2.05) is 60.7 Å². The molecule has 1 atom stereocenters. The molecule has 1 unspecified atom stereocenters. The fraction of sp³-hybridized carbons (Fsp3) is 0.257. The van der Waals surface area contributed by atoms with Crippen molar-refractivity contribution in [1.82, 2.24) is 10.2 Å². The average Bonchev–Trinajstić information content (AvgIpc) is 3.59. The predicted octanol–water partition coefficient (Wildman–Crippen LogP) is 5.49. The van der Waals surface area contributed by atoms with E-state index in [0.29, 0.717) is 0 Å². The Morgan fingerprint density at radius 3 is 1.91 bits per heavy atom. The number of non-ortho nitro benzene ring substituents is 1. The summed E-state index contributed by atoms with van der Waals surface area (Å²) in [5.74, 6) is -0.892. The summed E-state index contributed by atoms with van der Waals surface area (Å²) in [6, 6.07) is 30.4. The molecule has 1 N–H and O–H groups in total. The van der Waals surface area contributed by atoms with Gasteiger partial charge in [0, 0.05) is 31.1 Å². The van der Waals surface area contributed by atoms with Gasteiger partial charge < -0.3 is 10.2 Å². The molecule has 0 aromatic heterocycles. The molecule has 1 fully saturated rings. The SMILES string of the molecule is O=C(NC1CCCC1)C(Cc1ccccc1)N(Cc1ccccc1)C(=O)CN(c1ccc([N+](=O)[O-])cc1)S(=O)(=O)c1ccccc1. The Balaban J connectivity index is 1.55. The molecule has 5 rings (SSSR count). The topological polar surface area (TPSA) is 130 Å². The first-order valence-corrected chi connectivity index (χ1v) is 16.7. The quantitative estimate of drug-likeness (QED) is 0.152. The van der Waals surface area contributed by atoms with E-state index in [9.17, 15) is 28.1 Å². The Morgan fingerprint density at radius 1 is 0.804 bits per heavy atom. The molecule has 46 heavy (non-hydrogen) atoms. The normalized spacial score (nSPS) is 13.9. The Bertz CT molecular complexity index is 1730. The standard InChI is InChI=1S/C35H36N4O6S/c40-34(26-38(30-20-22-31(23-21-30)39(42)43)46(44,45)32-18-8-3-9-19-32)37(25-28-14-6-2-7-15-28)33(24-27-12-4-1-5-13-27)35(41)36-29-16-10-11-17-29/h1-9,12-15,18-23,29,33H,10-11,16-17,24-26H2,(H,36,41). The van der Waals surface area contributed by atoms with Crippen LogP contribution in [0.4, 0.5) is 11.4 Å². The van der Waals surface area contributed by atoms with Crippen LogP contribution in [0.15, 0.2) is 120 Å². The molecule has 1 saturated carbocycles. The van der Waals surface area contributed by atoms with Crippen molar-refractivity contribution >= 4 is 33.2 Å². The average molecular weight is 641 g/mol. The lowest BCUT2D eigenvalue weighted by Gasteiger charge is -2.34. The van der Waals surface area contributed by atoms with E-state index in [1.54, 1.807) is 18.2 Å². The number of amides is 2. The van der Waals surface area contributed by atoms with Gasteiger partial charge in [-0.05, 0) is 48.2 Å². The van der Waals surface area contributed by atoms with E-state index in [-0.39, 0.29) is 41.2 Å². The summed E-state index contributed by atoms with van der Waals surface area (Å²) in [5, 5.41) is 14.5. The number of nitro groups is 1. The van der Waals surface area contributed by atoms with Crippen molar-refractivity contribution in [1.29, 1.82) is 0 Å². The van der Waals surface area contributed by atoms with Gasteiger partial charge in [-0.1, -0.05) is 91.7 Å². The molecule has 4 aromatic rings. The first-order chi connectivity index (χ1) is 22.2. The largest absolute Gasteiger partial charge is 0.352 e. The number of rotatable bonds is 13. The molecule has 0 saturated heterocycles. The van der Waals surface area contributed by atoms with Gasteiger partial charge in [0.15, 0.2) is 0 Å². The lowest BCUT2D eigenvalue weighted by molar-refractivity contribution is -0.384. The maximum absolute atomic E-state index is 14.5. The van der Waals surface area contributed by atoms with Gasteiger partial charge in [0.2, 0.25) is 11.8 Å². The third-order valence-electron chi connectivity index (χ3n) is 8.13. The van der Waals surface area contributed by atoms with E-state index >= 15 is 0 Å². The lowest BCUT2D eigenvalue weighted by atomic mass is 10.0. The highest BCUT2D eigenvalue weighted by molar-refractivity contribution is 7.92. The van der Waals surface area contributed by atoms with E-state index in [4.69, 9.17) is 0 Å². The summed E-state index contributed by atoms with van der Waals surface area (Å²) in [6.07, 6.45) is 3.98. The van der Waals surface area contributed by atoms with Crippen molar-refractivity contribution in [3.05, 3.63) is 137 Å². The third-order valence-corrected chi connectivity index (χ3v) is 9.92. The first-order valence-electron chi connectivity index (χ1n) is 15.2. The van der Waals surface area contributed by atoms with Gasteiger partial charge in [-0.25, -0.2) is 8.42 Å². The molecule has 0 aliphatic heterocycles. The number of carbonyl (C=O) groups is 2. The minimum atomic E-state index is -4.30. The molecular weight excluding hydrogens is 604 g/mol. The molecule has 0 bridgehead atoms. The molecule has 2 amide bonds. The van der Waals surface area contributed by atoms with Gasteiger partial charge in [0.05, 0.1) is 15.5 Å². The van der Waals surface area contributed by atoms with Crippen LogP contribution in [0.1, 0.15) is 36.8 Å². The number of nitrogens with one attached hydrogen (secondary N) is 1. The molecule has 0 spiro atoms. The van der Waals surface area contributed by atoms with E-state index < -0.39 is 33.4 Å². The fourth-order valence-corrected chi connectivity index (χ4v) is 7.13. The van der Waals surface area contributed by atoms with E-state index in [2.05, 4.69) is 5.32 Å². The van der Waals surface area contributed by atoms with Gasteiger partial charge in [0.25, 0.3) is 15.7 Å². The van der Waals surface area contributed by atoms with Crippen molar-refractivity contribution in [2.24, 2.45) is 0 Å². The van der Waals surface area contributed by atoms with Crippen molar-refractivity contribution < 1.29 is 22.9 Å². The molecule has 1 aliphatic carbocycles.